The minimum Gasteiger partial charge on any atom is -0.310 e. The Balaban J connectivity index is 2.16. The number of aromatic nitrogens is 3. The molecule has 0 aliphatic rings. The van der Waals surface area contributed by atoms with E-state index in [2.05, 4.69) is 10.1 Å². The van der Waals surface area contributed by atoms with E-state index in [1.54, 1.807) is 13.8 Å². The second-order valence-corrected chi connectivity index (χ2v) is 5.51. The molecule has 5 nitrogen and oxygen atoms in total. The number of alkyl halides is 3. The molecule has 0 aliphatic heterocycles. The number of amides is 1. The zero-order chi connectivity index (χ0) is 18.6. The summed E-state index contributed by atoms with van der Waals surface area (Å²) in [7, 11) is 0. The molecule has 2 aromatic rings. The molecular weight excluding hydrogens is 340 g/mol. The number of hydrogen-bond acceptors (Lipinski definition) is 3. The van der Waals surface area contributed by atoms with Gasteiger partial charge in [0, 0.05) is 25.5 Å². The van der Waals surface area contributed by atoms with E-state index in [0.29, 0.717) is 23.6 Å². The lowest BCUT2D eigenvalue weighted by Gasteiger charge is -2.20. The van der Waals surface area contributed by atoms with Crippen molar-refractivity contribution in [2.75, 3.05) is 11.4 Å². The summed E-state index contributed by atoms with van der Waals surface area (Å²) in [5.74, 6) is -0.936. The zero-order valence-electron chi connectivity index (χ0n) is 13.8. The lowest BCUT2D eigenvalue weighted by molar-refractivity contribution is -0.137. The summed E-state index contributed by atoms with van der Waals surface area (Å²) in [4.78, 5) is 17.4. The number of nitrogens with zero attached hydrogens (tertiary/aromatic N) is 4. The van der Waals surface area contributed by atoms with Crippen molar-refractivity contribution in [2.45, 2.75) is 39.3 Å². The largest absolute Gasteiger partial charge is 0.389 e. The molecule has 0 saturated carbocycles. The molecular formula is C16H18F4N4O. The van der Waals surface area contributed by atoms with E-state index >= 15 is 0 Å². The second-order valence-electron chi connectivity index (χ2n) is 5.51. The van der Waals surface area contributed by atoms with Crippen molar-refractivity contribution in [2.24, 2.45) is 0 Å². The molecule has 2 rings (SSSR count). The number of halogens is 4. The van der Waals surface area contributed by atoms with Crippen molar-refractivity contribution in [3.05, 3.63) is 36.2 Å². The van der Waals surface area contributed by atoms with Crippen molar-refractivity contribution >= 4 is 11.6 Å². The van der Waals surface area contributed by atoms with Crippen LogP contribution in [0.3, 0.4) is 0 Å². The van der Waals surface area contributed by atoms with Crippen LogP contribution in [0.1, 0.15) is 31.9 Å². The van der Waals surface area contributed by atoms with Crippen LogP contribution < -0.4 is 4.90 Å². The standard InChI is InChI=1S/C16H18F4N4O/c1-3-23(15(25)5-4-6-16(18,19)20)14-10-24(22-11(14)2)13-7-12(17)8-21-9-13/h7-10H,3-6H2,1-2H3. The first-order valence-corrected chi connectivity index (χ1v) is 7.75. The summed E-state index contributed by atoms with van der Waals surface area (Å²) in [5, 5.41) is 4.23. The third-order valence-electron chi connectivity index (χ3n) is 3.59. The Labute approximate surface area is 142 Å². The number of carbonyl (C=O) groups is 1. The molecule has 0 atom stereocenters. The van der Waals surface area contributed by atoms with Gasteiger partial charge in [0.15, 0.2) is 0 Å². The SMILES string of the molecule is CCN(C(=O)CCCC(F)(F)F)c1cn(-c2cncc(F)c2)nc1C. The highest BCUT2D eigenvalue weighted by Crippen LogP contribution is 2.25. The summed E-state index contributed by atoms with van der Waals surface area (Å²) in [6.07, 6.45) is -1.73. The predicted octanol–water partition coefficient (Wildman–Crippen LogP) is 3.80. The van der Waals surface area contributed by atoms with Gasteiger partial charge in [-0.1, -0.05) is 0 Å². The van der Waals surface area contributed by atoms with Crippen LogP contribution in [0.25, 0.3) is 5.69 Å². The van der Waals surface area contributed by atoms with Gasteiger partial charge >= 0.3 is 6.18 Å². The number of aryl methyl sites for hydroxylation is 1. The summed E-state index contributed by atoms with van der Waals surface area (Å²) in [5.41, 5.74) is 1.37. The Morgan fingerprint density at radius 1 is 1.32 bits per heavy atom. The molecule has 0 radical (unpaired) electrons. The Hall–Kier alpha value is -2.45. The number of carbonyl (C=O) groups excluding carboxylic acids is 1. The van der Waals surface area contributed by atoms with Crippen molar-refractivity contribution in [1.82, 2.24) is 14.8 Å². The molecule has 9 heteroatoms. The number of pyridine rings is 1. The van der Waals surface area contributed by atoms with Gasteiger partial charge in [-0.15, -0.1) is 0 Å². The summed E-state index contributed by atoms with van der Waals surface area (Å²) >= 11 is 0. The molecule has 0 fully saturated rings. The molecule has 0 bridgehead atoms. The average molecular weight is 358 g/mol. The minimum atomic E-state index is -4.28. The fraction of sp³-hybridized carbons (Fsp3) is 0.438. The van der Waals surface area contributed by atoms with Crippen molar-refractivity contribution < 1.29 is 22.4 Å². The minimum absolute atomic E-state index is 0.209. The van der Waals surface area contributed by atoms with Crippen LogP contribution in [0.15, 0.2) is 24.7 Å². The lowest BCUT2D eigenvalue weighted by Crippen LogP contribution is -2.30. The first-order valence-electron chi connectivity index (χ1n) is 7.75. The first kappa shape index (κ1) is 18.9. The van der Waals surface area contributed by atoms with Gasteiger partial charge in [-0.3, -0.25) is 9.78 Å². The molecule has 0 spiro atoms. The van der Waals surface area contributed by atoms with Crippen LogP contribution in [-0.2, 0) is 4.79 Å². The van der Waals surface area contributed by atoms with Gasteiger partial charge in [-0.2, -0.15) is 18.3 Å². The fourth-order valence-electron chi connectivity index (χ4n) is 2.43. The summed E-state index contributed by atoms with van der Waals surface area (Å²) in [6, 6.07) is 1.24. The highest BCUT2D eigenvalue weighted by Gasteiger charge is 2.27. The van der Waals surface area contributed by atoms with Crippen LogP contribution >= 0.6 is 0 Å². The molecule has 0 aliphatic carbocycles. The quantitative estimate of drug-likeness (QED) is 0.738. The Kier molecular flexibility index (Phi) is 5.76. The second kappa shape index (κ2) is 7.62. The van der Waals surface area contributed by atoms with Gasteiger partial charge in [0.25, 0.3) is 0 Å². The predicted molar refractivity (Wildman–Crippen MR) is 84.0 cm³/mol. The van der Waals surface area contributed by atoms with E-state index in [-0.39, 0.29) is 12.8 Å². The third-order valence-corrected chi connectivity index (χ3v) is 3.59. The normalized spacial score (nSPS) is 11.6. The lowest BCUT2D eigenvalue weighted by atomic mass is 10.2. The summed E-state index contributed by atoms with van der Waals surface area (Å²) < 4.78 is 51.3. The number of rotatable bonds is 6. The van der Waals surface area contributed by atoms with Gasteiger partial charge in [0.1, 0.15) is 5.82 Å². The highest BCUT2D eigenvalue weighted by molar-refractivity contribution is 5.93. The molecule has 0 saturated heterocycles. The van der Waals surface area contributed by atoms with Gasteiger partial charge in [-0.05, 0) is 20.3 Å². The molecule has 0 N–H and O–H groups in total. The fourth-order valence-corrected chi connectivity index (χ4v) is 2.43. The maximum absolute atomic E-state index is 13.3. The first-order chi connectivity index (χ1) is 11.7. The van der Waals surface area contributed by atoms with Gasteiger partial charge in [-0.25, -0.2) is 9.07 Å². The average Bonchev–Trinajstić information content (AvgIpc) is 2.89. The Morgan fingerprint density at radius 2 is 2.04 bits per heavy atom. The third kappa shape index (κ3) is 5.01. The number of hydrogen-bond donors (Lipinski definition) is 0. The molecule has 1 amide bonds. The molecule has 2 heterocycles. The van der Waals surface area contributed by atoms with Crippen molar-refractivity contribution in [3.8, 4) is 5.69 Å². The van der Waals surface area contributed by atoms with Gasteiger partial charge < -0.3 is 4.90 Å². The topological polar surface area (TPSA) is 51.0 Å². The Morgan fingerprint density at radius 3 is 2.64 bits per heavy atom. The van der Waals surface area contributed by atoms with Crippen LogP contribution in [-0.4, -0.2) is 33.4 Å². The monoisotopic (exact) mass is 358 g/mol. The molecule has 2 aromatic heterocycles. The Bertz CT molecular complexity index is 742. The maximum atomic E-state index is 13.3. The smallest absolute Gasteiger partial charge is 0.310 e. The van der Waals surface area contributed by atoms with Crippen LogP contribution in [0.2, 0.25) is 0 Å². The zero-order valence-corrected chi connectivity index (χ0v) is 13.8. The van der Waals surface area contributed by atoms with Gasteiger partial charge in [0.2, 0.25) is 5.91 Å². The van der Waals surface area contributed by atoms with E-state index in [0.717, 1.165) is 6.20 Å². The summed E-state index contributed by atoms with van der Waals surface area (Å²) in [6.45, 7) is 3.69. The van der Waals surface area contributed by atoms with E-state index in [1.807, 2.05) is 0 Å². The van der Waals surface area contributed by atoms with E-state index in [4.69, 9.17) is 0 Å². The van der Waals surface area contributed by atoms with Crippen LogP contribution in [0.4, 0.5) is 23.2 Å². The van der Waals surface area contributed by atoms with Crippen molar-refractivity contribution in [3.63, 3.8) is 0 Å². The number of anilines is 1. The van der Waals surface area contributed by atoms with Crippen molar-refractivity contribution in [1.29, 1.82) is 0 Å². The molecule has 25 heavy (non-hydrogen) atoms. The molecule has 0 unspecified atom stereocenters. The highest BCUT2D eigenvalue weighted by atomic mass is 19.4. The molecule has 136 valence electrons. The van der Waals surface area contributed by atoms with Gasteiger partial charge in [0.05, 0.1) is 35.7 Å². The van der Waals surface area contributed by atoms with Crippen LogP contribution in [0, 0.1) is 12.7 Å². The van der Waals surface area contributed by atoms with E-state index in [9.17, 15) is 22.4 Å². The van der Waals surface area contributed by atoms with E-state index < -0.39 is 24.3 Å². The van der Waals surface area contributed by atoms with E-state index in [1.165, 1.54) is 28.0 Å². The van der Waals surface area contributed by atoms with Crippen LogP contribution in [0.5, 0.6) is 0 Å². The maximum Gasteiger partial charge on any atom is 0.389 e. The molecule has 0 aromatic carbocycles.